The van der Waals surface area contributed by atoms with Crippen molar-refractivity contribution in [1.82, 2.24) is 9.80 Å². The average molecular weight is 469 g/mol. The maximum atomic E-state index is 13.0. The fourth-order valence-electron chi connectivity index (χ4n) is 5.77. The molecular weight excluding hydrogens is 432 g/mol. The van der Waals surface area contributed by atoms with E-state index in [2.05, 4.69) is 59.5 Å². The maximum absolute atomic E-state index is 13.0. The summed E-state index contributed by atoms with van der Waals surface area (Å²) in [5.41, 5.74) is 4.63. The SMILES string of the molecule is CCN(CC)C(=O)c1ccc2c(c1)Oc1ccccc1C2C1CCN(CCc2ccccc2)CC1. The lowest BCUT2D eigenvalue weighted by atomic mass is 9.74. The van der Waals surface area contributed by atoms with E-state index < -0.39 is 0 Å². The number of likely N-dealkylation sites (tertiary alicyclic amines) is 1. The molecule has 0 bridgehead atoms. The first kappa shape index (κ1) is 23.6. The molecule has 0 N–H and O–H groups in total. The highest BCUT2D eigenvalue weighted by Gasteiger charge is 2.35. The van der Waals surface area contributed by atoms with Gasteiger partial charge in [-0.1, -0.05) is 54.6 Å². The number of para-hydroxylation sites is 1. The van der Waals surface area contributed by atoms with E-state index in [1.807, 2.05) is 36.9 Å². The molecule has 0 radical (unpaired) electrons. The summed E-state index contributed by atoms with van der Waals surface area (Å²) in [5.74, 6) is 2.73. The molecule has 1 unspecified atom stereocenters. The number of benzene rings is 3. The third kappa shape index (κ3) is 4.99. The van der Waals surface area contributed by atoms with E-state index in [1.165, 1.54) is 29.5 Å². The van der Waals surface area contributed by atoms with Gasteiger partial charge in [0.15, 0.2) is 0 Å². The van der Waals surface area contributed by atoms with E-state index in [0.29, 0.717) is 30.5 Å². The largest absolute Gasteiger partial charge is 0.457 e. The van der Waals surface area contributed by atoms with Crippen molar-refractivity contribution in [2.75, 3.05) is 32.7 Å². The fourth-order valence-corrected chi connectivity index (χ4v) is 5.77. The third-order valence-corrected chi connectivity index (χ3v) is 7.78. The minimum atomic E-state index is 0.0727. The highest BCUT2D eigenvalue weighted by Crippen LogP contribution is 2.49. The zero-order valence-corrected chi connectivity index (χ0v) is 21.0. The molecular formula is C31H36N2O2. The first-order valence-corrected chi connectivity index (χ1v) is 13.1. The van der Waals surface area contributed by atoms with Crippen molar-refractivity contribution in [3.05, 3.63) is 95.1 Å². The normalized spacial score (nSPS) is 17.8. The summed E-state index contributed by atoms with van der Waals surface area (Å²) in [5, 5.41) is 0. The molecule has 2 aliphatic heterocycles. The van der Waals surface area contributed by atoms with Crippen LogP contribution in [0.5, 0.6) is 11.5 Å². The number of piperidine rings is 1. The number of amides is 1. The smallest absolute Gasteiger partial charge is 0.253 e. The van der Waals surface area contributed by atoms with Crippen LogP contribution in [0, 0.1) is 5.92 Å². The summed E-state index contributed by atoms with van der Waals surface area (Å²) in [7, 11) is 0. The van der Waals surface area contributed by atoms with Gasteiger partial charge in [-0.05, 0) is 75.9 Å². The molecule has 5 rings (SSSR count). The van der Waals surface area contributed by atoms with Gasteiger partial charge in [0, 0.05) is 42.2 Å². The topological polar surface area (TPSA) is 32.8 Å². The van der Waals surface area contributed by atoms with Gasteiger partial charge in [0.2, 0.25) is 0 Å². The second kappa shape index (κ2) is 10.7. The zero-order valence-electron chi connectivity index (χ0n) is 21.0. The molecule has 0 aromatic heterocycles. The lowest BCUT2D eigenvalue weighted by Crippen LogP contribution is -2.37. The van der Waals surface area contributed by atoms with Crippen LogP contribution in [0.4, 0.5) is 0 Å². The molecule has 1 fully saturated rings. The van der Waals surface area contributed by atoms with Crippen LogP contribution in [-0.2, 0) is 6.42 Å². The van der Waals surface area contributed by atoms with Crippen LogP contribution in [0.1, 0.15) is 59.7 Å². The van der Waals surface area contributed by atoms with Gasteiger partial charge in [-0.25, -0.2) is 0 Å². The van der Waals surface area contributed by atoms with Gasteiger partial charge in [0.25, 0.3) is 5.91 Å². The molecule has 2 aliphatic rings. The Morgan fingerprint density at radius 1 is 0.886 bits per heavy atom. The van der Waals surface area contributed by atoms with Crippen molar-refractivity contribution < 1.29 is 9.53 Å². The number of carbonyl (C=O) groups is 1. The Labute approximate surface area is 209 Å². The molecule has 1 amide bonds. The Kier molecular flexibility index (Phi) is 7.19. The standard InChI is InChI=1S/C31H36N2O2/c1-3-33(4-2)31(34)25-14-15-27-29(22-25)35-28-13-9-8-12-26(28)30(27)24-17-20-32(21-18-24)19-16-23-10-6-5-7-11-23/h5-15,22,24,30H,3-4,16-21H2,1-2H3. The quantitative estimate of drug-likeness (QED) is 0.404. The van der Waals surface area contributed by atoms with Crippen molar-refractivity contribution in [2.24, 2.45) is 5.92 Å². The number of nitrogens with zero attached hydrogens (tertiary/aromatic N) is 2. The fraction of sp³-hybridized carbons (Fsp3) is 0.387. The molecule has 0 saturated carbocycles. The highest BCUT2D eigenvalue weighted by molar-refractivity contribution is 5.95. The number of carbonyl (C=O) groups excluding carboxylic acids is 1. The van der Waals surface area contributed by atoms with Crippen LogP contribution in [0.2, 0.25) is 0 Å². The molecule has 182 valence electrons. The molecule has 3 aromatic rings. The van der Waals surface area contributed by atoms with E-state index >= 15 is 0 Å². The molecule has 35 heavy (non-hydrogen) atoms. The van der Waals surface area contributed by atoms with Crippen molar-refractivity contribution in [3.63, 3.8) is 0 Å². The minimum absolute atomic E-state index is 0.0727. The summed E-state index contributed by atoms with van der Waals surface area (Å²) < 4.78 is 6.36. The third-order valence-electron chi connectivity index (χ3n) is 7.78. The number of hydrogen-bond donors (Lipinski definition) is 0. The molecule has 4 heteroatoms. The lowest BCUT2D eigenvalue weighted by molar-refractivity contribution is 0.0772. The van der Waals surface area contributed by atoms with Gasteiger partial charge in [-0.2, -0.15) is 0 Å². The Morgan fingerprint density at radius 2 is 1.57 bits per heavy atom. The van der Waals surface area contributed by atoms with Crippen LogP contribution in [0.3, 0.4) is 0 Å². The van der Waals surface area contributed by atoms with Gasteiger partial charge in [0.05, 0.1) is 0 Å². The van der Waals surface area contributed by atoms with Crippen LogP contribution in [-0.4, -0.2) is 48.4 Å². The van der Waals surface area contributed by atoms with E-state index in [9.17, 15) is 4.79 Å². The predicted octanol–water partition coefficient (Wildman–Crippen LogP) is 6.36. The van der Waals surface area contributed by atoms with E-state index in [-0.39, 0.29) is 5.91 Å². The molecule has 0 aliphatic carbocycles. The minimum Gasteiger partial charge on any atom is -0.457 e. The summed E-state index contributed by atoms with van der Waals surface area (Å²) in [6, 6.07) is 25.3. The number of fused-ring (bicyclic) bond motifs is 2. The van der Waals surface area contributed by atoms with Crippen LogP contribution in [0.25, 0.3) is 0 Å². The van der Waals surface area contributed by atoms with Gasteiger partial charge >= 0.3 is 0 Å². The summed E-state index contributed by atoms with van der Waals surface area (Å²) in [6.07, 6.45) is 3.46. The van der Waals surface area contributed by atoms with Gasteiger partial charge in [-0.3, -0.25) is 4.79 Å². The molecule has 4 nitrogen and oxygen atoms in total. The lowest BCUT2D eigenvalue weighted by Gasteiger charge is -2.39. The molecule has 2 heterocycles. The Hall–Kier alpha value is -3.11. The average Bonchev–Trinajstić information content (AvgIpc) is 2.92. The van der Waals surface area contributed by atoms with Crippen molar-refractivity contribution in [3.8, 4) is 11.5 Å². The summed E-state index contributed by atoms with van der Waals surface area (Å²) in [4.78, 5) is 17.5. The van der Waals surface area contributed by atoms with Crippen molar-refractivity contribution >= 4 is 5.91 Å². The van der Waals surface area contributed by atoms with Gasteiger partial charge in [-0.15, -0.1) is 0 Å². The molecule has 1 atom stereocenters. The zero-order chi connectivity index (χ0) is 24.2. The van der Waals surface area contributed by atoms with Crippen molar-refractivity contribution in [2.45, 2.75) is 39.0 Å². The van der Waals surface area contributed by atoms with Gasteiger partial charge in [0.1, 0.15) is 11.5 Å². The van der Waals surface area contributed by atoms with Crippen LogP contribution in [0.15, 0.2) is 72.8 Å². The van der Waals surface area contributed by atoms with Crippen molar-refractivity contribution in [1.29, 1.82) is 0 Å². The predicted molar refractivity (Wildman–Crippen MR) is 141 cm³/mol. The Balaban J connectivity index is 1.34. The monoisotopic (exact) mass is 468 g/mol. The highest BCUT2D eigenvalue weighted by atomic mass is 16.5. The van der Waals surface area contributed by atoms with Crippen LogP contribution < -0.4 is 4.74 Å². The first-order valence-electron chi connectivity index (χ1n) is 13.1. The van der Waals surface area contributed by atoms with Gasteiger partial charge < -0.3 is 14.5 Å². The molecule has 1 saturated heterocycles. The van der Waals surface area contributed by atoms with E-state index in [0.717, 1.165) is 37.6 Å². The summed E-state index contributed by atoms with van der Waals surface area (Å²) in [6.45, 7) is 8.84. The molecule has 0 spiro atoms. The summed E-state index contributed by atoms with van der Waals surface area (Å²) >= 11 is 0. The van der Waals surface area contributed by atoms with Crippen LogP contribution >= 0.6 is 0 Å². The Bertz CT molecular complexity index is 1150. The molecule has 3 aromatic carbocycles. The van der Waals surface area contributed by atoms with E-state index in [4.69, 9.17) is 4.74 Å². The second-order valence-corrected chi connectivity index (χ2v) is 9.76. The number of ether oxygens (including phenoxy) is 1. The number of hydrogen-bond acceptors (Lipinski definition) is 3. The number of rotatable bonds is 7. The second-order valence-electron chi connectivity index (χ2n) is 9.76. The Morgan fingerprint density at radius 3 is 2.31 bits per heavy atom. The first-order chi connectivity index (χ1) is 17.2. The van der Waals surface area contributed by atoms with E-state index in [1.54, 1.807) is 0 Å². The maximum Gasteiger partial charge on any atom is 0.253 e.